The maximum atomic E-state index is 11.8. The third kappa shape index (κ3) is 3.42. The van der Waals surface area contributed by atoms with Crippen LogP contribution in [0.25, 0.3) is 0 Å². The Hall–Kier alpha value is -1.62. The molecule has 0 radical (unpaired) electrons. The molecule has 0 N–H and O–H groups in total. The minimum absolute atomic E-state index is 0.134. The van der Waals surface area contributed by atoms with Crippen LogP contribution in [0.3, 0.4) is 0 Å². The van der Waals surface area contributed by atoms with Crippen LogP contribution in [0.4, 0.5) is 0 Å². The lowest BCUT2D eigenvalue weighted by Crippen LogP contribution is -1.99. The highest BCUT2D eigenvalue weighted by Crippen LogP contribution is 2.17. The largest absolute Gasteiger partial charge is 0.416 e. The standard InChI is InChI=1S/C12H12N2O2S/c1-9-13-14-12(16-9)17-8-7-11(15)10-5-3-2-4-6-10/h2-6H,7-8H2,1H3. The first-order valence-electron chi connectivity index (χ1n) is 5.27. The van der Waals surface area contributed by atoms with Gasteiger partial charge in [0.15, 0.2) is 5.78 Å². The van der Waals surface area contributed by atoms with E-state index in [9.17, 15) is 4.79 Å². The van der Waals surface area contributed by atoms with E-state index in [-0.39, 0.29) is 5.78 Å². The number of carbonyl (C=O) groups is 1. The smallest absolute Gasteiger partial charge is 0.276 e. The number of Topliss-reactive ketones (excluding diaryl/α,β-unsaturated/α-hetero) is 1. The minimum atomic E-state index is 0.134. The number of thioether (sulfide) groups is 1. The molecule has 0 aliphatic rings. The highest BCUT2D eigenvalue weighted by Gasteiger charge is 2.07. The summed E-state index contributed by atoms with van der Waals surface area (Å²) in [5.74, 6) is 1.33. The molecule has 88 valence electrons. The van der Waals surface area contributed by atoms with Crippen molar-refractivity contribution in [2.45, 2.75) is 18.6 Å². The van der Waals surface area contributed by atoms with E-state index in [1.165, 1.54) is 11.8 Å². The quantitative estimate of drug-likeness (QED) is 0.601. The molecule has 0 unspecified atom stereocenters. The van der Waals surface area contributed by atoms with Gasteiger partial charge >= 0.3 is 0 Å². The Morgan fingerprint density at radius 1 is 1.29 bits per heavy atom. The van der Waals surface area contributed by atoms with E-state index in [0.717, 1.165) is 5.56 Å². The van der Waals surface area contributed by atoms with Crippen LogP contribution in [0.15, 0.2) is 40.0 Å². The third-order valence-corrected chi connectivity index (χ3v) is 2.98. The summed E-state index contributed by atoms with van der Waals surface area (Å²) in [5, 5.41) is 8.09. The first-order valence-corrected chi connectivity index (χ1v) is 6.25. The molecule has 2 rings (SSSR count). The predicted molar refractivity (Wildman–Crippen MR) is 65.1 cm³/mol. The molecule has 0 aliphatic carbocycles. The minimum Gasteiger partial charge on any atom is -0.416 e. The lowest BCUT2D eigenvalue weighted by Gasteiger charge is -1.98. The van der Waals surface area contributed by atoms with E-state index < -0.39 is 0 Å². The van der Waals surface area contributed by atoms with E-state index in [2.05, 4.69) is 10.2 Å². The Kier molecular flexibility index (Phi) is 3.93. The SMILES string of the molecule is Cc1nnc(SCCC(=O)c2ccccc2)o1. The molecular formula is C12H12N2O2S. The van der Waals surface area contributed by atoms with Crippen LogP contribution >= 0.6 is 11.8 Å². The van der Waals surface area contributed by atoms with Gasteiger partial charge < -0.3 is 4.42 Å². The van der Waals surface area contributed by atoms with Gasteiger partial charge in [0.2, 0.25) is 5.89 Å². The zero-order chi connectivity index (χ0) is 12.1. The van der Waals surface area contributed by atoms with Gasteiger partial charge in [0.25, 0.3) is 5.22 Å². The highest BCUT2D eigenvalue weighted by molar-refractivity contribution is 7.99. The second kappa shape index (κ2) is 5.63. The van der Waals surface area contributed by atoms with Crippen LogP contribution in [-0.2, 0) is 0 Å². The van der Waals surface area contributed by atoms with Gasteiger partial charge in [0.05, 0.1) is 0 Å². The Bertz CT molecular complexity index is 496. The molecular weight excluding hydrogens is 236 g/mol. The molecule has 5 heteroatoms. The topological polar surface area (TPSA) is 56.0 Å². The summed E-state index contributed by atoms with van der Waals surface area (Å²) in [5.41, 5.74) is 0.745. The van der Waals surface area contributed by atoms with Gasteiger partial charge in [-0.15, -0.1) is 10.2 Å². The fourth-order valence-electron chi connectivity index (χ4n) is 1.34. The van der Waals surface area contributed by atoms with Crippen molar-refractivity contribution < 1.29 is 9.21 Å². The van der Waals surface area contributed by atoms with Crippen molar-refractivity contribution >= 4 is 17.5 Å². The van der Waals surface area contributed by atoms with Gasteiger partial charge in [0, 0.05) is 24.7 Å². The molecule has 1 aromatic carbocycles. The summed E-state index contributed by atoms with van der Waals surface area (Å²) in [4.78, 5) is 11.8. The molecule has 0 saturated carbocycles. The number of aryl methyl sites for hydroxylation is 1. The summed E-state index contributed by atoms with van der Waals surface area (Å²) in [6.07, 6.45) is 0.468. The average Bonchev–Trinajstić information content (AvgIpc) is 2.76. The highest BCUT2D eigenvalue weighted by atomic mass is 32.2. The molecule has 4 nitrogen and oxygen atoms in total. The van der Waals surface area contributed by atoms with Crippen molar-refractivity contribution in [1.82, 2.24) is 10.2 Å². The van der Waals surface area contributed by atoms with Crippen LogP contribution in [0.2, 0.25) is 0 Å². The molecule has 0 aliphatic heterocycles. The Morgan fingerprint density at radius 3 is 2.71 bits per heavy atom. The maximum absolute atomic E-state index is 11.8. The fourth-order valence-corrected chi connectivity index (χ4v) is 2.08. The van der Waals surface area contributed by atoms with Crippen molar-refractivity contribution in [3.8, 4) is 0 Å². The van der Waals surface area contributed by atoms with Gasteiger partial charge in [-0.1, -0.05) is 42.1 Å². The number of ketones is 1. The van der Waals surface area contributed by atoms with Crippen molar-refractivity contribution in [3.63, 3.8) is 0 Å². The first kappa shape index (κ1) is 11.9. The predicted octanol–water partition coefficient (Wildman–Crippen LogP) is 2.74. The summed E-state index contributed by atoms with van der Waals surface area (Å²) < 4.78 is 5.20. The average molecular weight is 248 g/mol. The van der Waals surface area contributed by atoms with E-state index in [1.807, 2.05) is 30.3 Å². The molecule has 0 spiro atoms. The second-order valence-electron chi connectivity index (χ2n) is 3.47. The molecule has 0 amide bonds. The van der Waals surface area contributed by atoms with Crippen molar-refractivity contribution in [1.29, 1.82) is 0 Å². The molecule has 2 aromatic rings. The summed E-state index contributed by atoms with van der Waals surface area (Å²) in [6.45, 7) is 1.74. The van der Waals surface area contributed by atoms with E-state index >= 15 is 0 Å². The summed E-state index contributed by atoms with van der Waals surface area (Å²) in [7, 11) is 0. The monoisotopic (exact) mass is 248 g/mol. The van der Waals surface area contributed by atoms with Gasteiger partial charge in [-0.2, -0.15) is 0 Å². The Labute approximate surface area is 103 Å². The number of rotatable bonds is 5. The number of aromatic nitrogens is 2. The zero-order valence-electron chi connectivity index (χ0n) is 9.42. The van der Waals surface area contributed by atoms with Crippen LogP contribution in [0, 0.1) is 6.92 Å². The van der Waals surface area contributed by atoms with Gasteiger partial charge in [-0.3, -0.25) is 4.79 Å². The first-order chi connectivity index (χ1) is 8.25. The van der Waals surface area contributed by atoms with Crippen LogP contribution in [0.1, 0.15) is 22.7 Å². The molecule has 0 bridgehead atoms. The van der Waals surface area contributed by atoms with Crippen LogP contribution in [0.5, 0.6) is 0 Å². The second-order valence-corrected chi connectivity index (χ2v) is 4.52. The number of hydrogen-bond acceptors (Lipinski definition) is 5. The number of nitrogens with zero attached hydrogens (tertiary/aromatic N) is 2. The summed E-state index contributed by atoms with van der Waals surface area (Å²) >= 11 is 1.40. The van der Waals surface area contributed by atoms with Crippen molar-refractivity contribution in [3.05, 3.63) is 41.8 Å². The molecule has 1 heterocycles. The number of benzene rings is 1. The fraction of sp³-hybridized carbons (Fsp3) is 0.250. The Morgan fingerprint density at radius 2 is 2.06 bits per heavy atom. The van der Waals surface area contributed by atoms with E-state index in [4.69, 9.17) is 4.42 Å². The van der Waals surface area contributed by atoms with Crippen molar-refractivity contribution in [2.24, 2.45) is 0 Å². The lowest BCUT2D eigenvalue weighted by molar-refractivity contribution is 0.0989. The maximum Gasteiger partial charge on any atom is 0.276 e. The van der Waals surface area contributed by atoms with Gasteiger partial charge in [0.1, 0.15) is 0 Å². The molecule has 1 aromatic heterocycles. The number of hydrogen-bond donors (Lipinski definition) is 0. The molecule has 17 heavy (non-hydrogen) atoms. The zero-order valence-corrected chi connectivity index (χ0v) is 10.2. The van der Waals surface area contributed by atoms with E-state index in [1.54, 1.807) is 6.92 Å². The van der Waals surface area contributed by atoms with Crippen LogP contribution in [-0.4, -0.2) is 21.7 Å². The molecule has 0 atom stereocenters. The molecule has 0 saturated heterocycles. The van der Waals surface area contributed by atoms with Crippen LogP contribution < -0.4 is 0 Å². The van der Waals surface area contributed by atoms with Gasteiger partial charge in [-0.25, -0.2) is 0 Å². The van der Waals surface area contributed by atoms with Gasteiger partial charge in [-0.05, 0) is 0 Å². The summed E-state index contributed by atoms with van der Waals surface area (Å²) in [6, 6.07) is 9.27. The normalized spacial score (nSPS) is 10.4. The van der Waals surface area contributed by atoms with Crippen molar-refractivity contribution in [2.75, 3.05) is 5.75 Å². The Balaban J connectivity index is 1.81. The van der Waals surface area contributed by atoms with E-state index in [0.29, 0.717) is 23.3 Å². The lowest BCUT2D eigenvalue weighted by atomic mass is 10.1. The number of carbonyl (C=O) groups excluding carboxylic acids is 1. The third-order valence-electron chi connectivity index (χ3n) is 2.16. The molecule has 0 fully saturated rings.